The van der Waals surface area contributed by atoms with E-state index in [4.69, 9.17) is 4.74 Å². The summed E-state index contributed by atoms with van der Waals surface area (Å²) in [7, 11) is 2.04. The first-order valence-electron chi connectivity index (χ1n) is 14.8. The Labute approximate surface area is 227 Å². The molecule has 0 bridgehead atoms. The molecule has 0 saturated heterocycles. The van der Waals surface area contributed by atoms with Crippen LogP contribution in [0.1, 0.15) is 112 Å². The highest BCUT2D eigenvalue weighted by Crippen LogP contribution is 2.43. The van der Waals surface area contributed by atoms with Gasteiger partial charge in [0.15, 0.2) is 0 Å². The lowest BCUT2D eigenvalue weighted by Gasteiger charge is -2.39. The number of carbonyl (C=O) groups excluding carboxylic acids is 2. The summed E-state index contributed by atoms with van der Waals surface area (Å²) in [6.07, 6.45) is 16.3. The first-order chi connectivity index (χ1) is 18.5. The van der Waals surface area contributed by atoms with Crippen LogP contribution in [0, 0.1) is 11.8 Å². The van der Waals surface area contributed by atoms with Crippen LogP contribution in [0.4, 0.5) is 0 Å². The van der Waals surface area contributed by atoms with E-state index in [2.05, 4.69) is 41.2 Å². The summed E-state index contributed by atoms with van der Waals surface area (Å²) in [6.45, 7) is 4.44. The third-order valence-electron chi connectivity index (χ3n) is 8.78. The van der Waals surface area contributed by atoms with Crippen molar-refractivity contribution >= 4 is 17.4 Å². The molecule has 3 atom stereocenters. The van der Waals surface area contributed by atoms with Gasteiger partial charge >= 0.3 is 5.97 Å². The monoisotopic (exact) mass is 517 g/mol. The molecule has 1 heterocycles. The summed E-state index contributed by atoms with van der Waals surface area (Å²) in [5, 5.41) is 4.61. The summed E-state index contributed by atoms with van der Waals surface area (Å²) >= 11 is 0. The molecule has 0 radical (unpaired) electrons. The molecule has 6 heteroatoms. The van der Waals surface area contributed by atoms with Gasteiger partial charge in [0.05, 0.1) is 30.1 Å². The number of benzene rings is 1. The summed E-state index contributed by atoms with van der Waals surface area (Å²) in [6, 6.07) is 8.79. The van der Waals surface area contributed by atoms with Gasteiger partial charge in [-0.15, -0.1) is 0 Å². The zero-order valence-corrected chi connectivity index (χ0v) is 23.3. The summed E-state index contributed by atoms with van der Waals surface area (Å²) in [4.78, 5) is 28.3. The van der Waals surface area contributed by atoms with Crippen LogP contribution < -0.4 is 0 Å². The van der Waals surface area contributed by atoms with Gasteiger partial charge < -0.3 is 9.64 Å². The number of amides is 1. The largest absolute Gasteiger partial charge is 0.462 e. The van der Waals surface area contributed by atoms with Crippen LogP contribution in [0.5, 0.6) is 0 Å². The fourth-order valence-electron chi connectivity index (χ4n) is 6.70. The van der Waals surface area contributed by atoms with Crippen molar-refractivity contribution in [1.29, 1.82) is 0 Å². The minimum Gasteiger partial charge on any atom is -0.462 e. The highest BCUT2D eigenvalue weighted by atomic mass is 16.5. The van der Waals surface area contributed by atoms with Crippen molar-refractivity contribution in [2.24, 2.45) is 11.8 Å². The molecular weight excluding hydrogens is 474 g/mol. The Morgan fingerprint density at radius 3 is 2.66 bits per heavy atom. The number of esters is 1. The van der Waals surface area contributed by atoms with Crippen molar-refractivity contribution in [3.8, 4) is 5.69 Å². The minimum atomic E-state index is -0.295. The molecule has 1 amide bonds. The molecule has 2 fully saturated rings. The van der Waals surface area contributed by atoms with Gasteiger partial charge in [0.25, 0.3) is 0 Å². The maximum atomic E-state index is 13.7. The Morgan fingerprint density at radius 1 is 1.08 bits per heavy atom. The van der Waals surface area contributed by atoms with Gasteiger partial charge in [0.2, 0.25) is 5.91 Å². The second-order valence-electron chi connectivity index (χ2n) is 11.4. The van der Waals surface area contributed by atoms with Crippen molar-refractivity contribution in [3.63, 3.8) is 0 Å². The number of allylic oxidation sites excluding steroid dienone is 1. The van der Waals surface area contributed by atoms with E-state index in [1.807, 2.05) is 24.7 Å². The lowest BCUT2D eigenvalue weighted by Crippen LogP contribution is -2.46. The molecule has 38 heavy (non-hydrogen) atoms. The van der Waals surface area contributed by atoms with E-state index in [9.17, 15) is 9.59 Å². The molecule has 2 aromatic rings. The van der Waals surface area contributed by atoms with Crippen molar-refractivity contribution < 1.29 is 14.3 Å². The standard InChI is InChI=1S/C32H43N3O3/c1-4-10-22-11-6-7-16-29(22)34(3)31(36)26-14-8-12-24(19-26)25-13-9-15-27(20-25)35-30(23-17-18-23)28(21-33-35)32(37)38-5-2/h9,13,15,19-23,26,29H,4-8,10-12,14,16-18H2,1-3H3. The van der Waals surface area contributed by atoms with E-state index in [0.717, 1.165) is 55.5 Å². The van der Waals surface area contributed by atoms with Crippen molar-refractivity contribution in [2.45, 2.75) is 96.4 Å². The van der Waals surface area contributed by atoms with Gasteiger partial charge in [0.1, 0.15) is 5.56 Å². The van der Waals surface area contributed by atoms with Crippen LogP contribution in [0.2, 0.25) is 0 Å². The van der Waals surface area contributed by atoms with E-state index in [-0.39, 0.29) is 17.8 Å². The van der Waals surface area contributed by atoms with Crippen molar-refractivity contribution in [1.82, 2.24) is 14.7 Å². The van der Waals surface area contributed by atoms with Gasteiger partial charge in [-0.05, 0) is 87.5 Å². The lowest BCUT2D eigenvalue weighted by atomic mass is 9.80. The Hall–Kier alpha value is -2.89. The molecule has 0 N–H and O–H groups in total. The topological polar surface area (TPSA) is 64.4 Å². The summed E-state index contributed by atoms with van der Waals surface area (Å²) in [5.41, 5.74) is 4.87. The molecule has 1 aromatic carbocycles. The molecule has 3 aliphatic carbocycles. The third-order valence-corrected chi connectivity index (χ3v) is 8.78. The van der Waals surface area contributed by atoms with Gasteiger partial charge in [-0.25, -0.2) is 9.48 Å². The first-order valence-corrected chi connectivity index (χ1v) is 14.8. The number of aromatic nitrogens is 2. The average molecular weight is 518 g/mol. The highest BCUT2D eigenvalue weighted by Gasteiger charge is 2.35. The number of carbonyl (C=O) groups is 2. The van der Waals surface area contributed by atoms with E-state index in [0.29, 0.717) is 30.0 Å². The van der Waals surface area contributed by atoms with Gasteiger partial charge in [0, 0.05) is 19.0 Å². The van der Waals surface area contributed by atoms with Crippen LogP contribution >= 0.6 is 0 Å². The fraction of sp³-hybridized carbons (Fsp3) is 0.594. The molecule has 3 aliphatic rings. The summed E-state index contributed by atoms with van der Waals surface area (Å²) in [5.74, 6) is 0.924. The highest BCUT2D eigenvalue weighted by molar-refractivity contribution is 5.91. The predicted octanol–water partition coefficient (Wildman–Crippen LogP) is 6.93. The Balaban J connectivity index is 1.38. The van der Waals surface area contributed by atoms with E-state index in [1.165, 1.54) is 37.7 Å². The number of hydrogen-bond acceptors (Lipinski definition) is 4. The van der Waals surface area contributed by atoms with Crippen LogP contribution in [-0.2, 0) is 9.53 Å². The van der Waals surface area contributed by atoms with Crippen LogP contribution in [-0.4, -0.2) is 46.3 Å². The lowest BCUT2D eigenvalue weighted by molar-refractivity contribution is -0.137. The molecular formula is C32H43N3O3. The maximum Gasteiger partial charge on any atom is 0.341 e. The second-order valence-corrected chi connectivity index (χ2v) is 11.4. The fourth-order valence-corrected chi connectivity index (χ4v) is 6.70. The minimum absolute atomic E-state index is 0.0567. The molecule has 0 aliphatic heterocycles. The molecule has 2 saturated carbocycles. The van der Waals surface area contributed by atoms with E-state index < -0.39 is 0 Å². The van der Waals surface area contributed by atoms with Crippen LogP contribution in [0.15, 0.2) is 36.5 Å². The Morgan fingerprint density at radius 2 is 1.89 bits per heavy atom. The van der Waals surface area contributed by atoms with Crippen molar-refractivity contribution in [3.05, 3.63) is 53.4 Å². The van der Waals surface area contributed by atoms with Gasteiger partial charge in [-0.2, -0.15) is 5.10 Å². The van der Waals surface area contributed by atoms with Crippen LogP contribution in [0.3, 0.4) is 0 Å². The van der Waals surface area contributed by atoms with E-state index >= 15 is 0 Å². The summed E-state index contributed by atoms with van der Waals surface area (Å²) < 4.78 is 7.22. The molecule has 0 spiro atoms. The molecule has 1 aromatic heterocycles. The van der Waals surface area contributed by atoms with Crippen LogP contribution in [0.25, 0.3) is 11.3 Å². The number of ether oxygens (including phenoxy) is 1. The maximum absolute atomic E-state index is 13.7. The number of hydrogen-bond donors (Lipinski definition) is 0. The Kier molecular flexibility index (Phi) is 8.35. The average Bonchev–Trinajstić information content (AvgIpc) is 3.70. The normalized spacial score (nSPS) is 23.6. The number of nitrogens with zero attached hydrogens (tertiary/aromatic N) is 3. The van der Waals surface area contributed by atoms with Gasteiger partial charge in [-0.1, -0.05) is 44.4 Å². The van der Waals surface area contributed by atoms with E-state index in [1.54, 1.807) is 6.20 Å². The smallest absolute Gasteiger partial charge is 0.341 e. The molecule has 6 nitrogen and oxygen atoms in total. The quantitative estimate of drug-likeness (QED) is 0.338. The molecule has 204 valence electrons. The zero-order valence-electron chi connectivity index (χ0n) is 23.3. The van der Waals surface area contributed by atoms with Gasteiger partial charge in [-0.3, -0.25) is 4.79 Å². The molecule has 3 unspecified atom stereocenters. The predicted molar refractivity (Wildman–Crippen MR) is 150 cm³/mol. The Bertz CT molecular complexity index is 1180. The third kappa shape index (κ3) is 5.60. The first kappa shape index (κ1) is 26.7. The zero-order chi connectivity index (χ0) is 26.6. The second kappa shape index (κ2) is 11.9. The molecule has 5 rings (SSSR count). The van der Waals surface area contributed by atoms with Crippen molar-refractivity contribution in [2.75, 3.05) is 13.7 Å². The SMILES string of the molecule is CCCC1CCCCC1N(C)C(=O)C1C=C(c2cccc(-n3ncc(C(=O)OCC)c3C3CC3)c2)CCC1. The number of rotatable bonds is 9.